The Kier molecular flexibility index (Phi) is 3.39. The summed E-state index contributed by atoms with van der Waals surface area (Å²) < 4.78 is 20.2. The van der Waals surface area contributed by atoms with Gasteiger partial charge in [0.2, 0.25) is 0 Å². The van der Waals surface area contributed by atoms with Crippen LogP contribution >= 0.6 is 22.9 Å². The highest BCUT2D eigenvalue weighted by Gasteiger charge is 2.09. The number of aryl methyl sites for hydroxylation is 1. The minimum Gasteiger partial charge on any atom is -0.302 e. The van der Waals surface area contributed by atoms with Crippen molar-refractivity contribution in [2.75, 3.05) is 0 Å². The molecule has 0 saturated heterocycles. The van der Waals surface area contributed by atoms with Crippen molar-refractivity contribution in [2.45, 2.75) is 11.8 Å². The summed E-state index contributed by atoms with van der Waals surface area (Å²) in [6, 6.07) is 6.75. The molecule has 0 saturated carbocycles. The largest absolute Gasteiger partial charge is 0.302 e. The number of hydrogen-bond donors (Lipinski definition) is 1. The standard InChI is InChI=1S/C10H8ClNO2S2/c1-6-9(12-10(11)15-6)7-2-4-8(5-3-7)16(13)14/h2-5H,1H3,(H,13,14). The molecular formula is C10H8ClNO2S2. The highest BCUT2D eigenvalue weighted by Crippen LogP contribution is 2.30. The second kappa shape index (κ2) is 4.63. The number of thiazole rings is 1. The van der Waals surface area contributed by atoms with Crippen LogP contribution in [0.1, 0.15) is 4.88 Å². The maximum Gasteiger partial charge on any atom is 0.186 e. The van der Waals surface area contributed by atoms with Gasteiger partial charge in [-0.25, -0.2) is 9.19 Å². The van der Waals surface area contributed by atoms with Crippen LogP contribution in [0, 0.1) is 6.92 Å². The molecular weight excluding hydrogens is 266 g/mol. The summed E-state index contributed by atoms with van der Waals surface area (Å²) in [5.74, 6) is 0. The van der Waals surface area contributed by atoms with Gasteiger partial charge in [0.15, 0.2) is 15.5 Å². The highest BCUT2D eigenvalue weighted by atomic mass is 35.5. The quantitative estimate of drug-likeness (QED) is 0.854. The minimum absolute atomic E-state index is 0.378. The van der Waals surface area contributed by atoms with Crippen LogP contribution in [0.15, 0.2) is 29.2 Å². The molecule has 1 aromatic heterocycles. The second-order valence-electron chi connectivity index (χ2n) is 3.15. The van der Waals surface area contributed by atoms with Crippen LogP contribution in [-0.2, 0) is 11.1 Å². The summed E-state index contributed by atoms with van der Waals surface area (Å²) >= 11 is 5.30. The summed E-state index contributed by atoms with van der Waals surface area (Å²) in [6.07, 6.45) is 0. The highest BCUT2D eigenvalue weighted by molar-refractivity contribution is 7.79. The lowest BCUT2D eigenvalue weighted by molar-refractivity contribution is 0.564. The Bertz CT molecular complexity index is 536. The zero-order valence-electron chi connectivity index (χ0n) is 8.31. The molecule has 0 bridgehead atoms. The van der Waals surface area contributed by atoms with Gasteiger partial charge < -0.3 is 4.55 Å². The second-order valence-corrected chi connectivity index (χ2v) is 5.90. The first-order chi connectivity index (χ1) is 7.58. The lowest BCUT2D eigenvalue weighted by Crippen LogP contribution is -1.88. The van der Waals surface area contributed by atoms with Crippen molar-refractivity contribution in [3.63, 3.8) is 0 Å². The Morgan fingerprint density at radius 1 is 1.38 bits per heavy atom. The molecule has 0 aliphatic rings. The molecule has 1 atom stereocenters. The van der Waals surface area contributed by atoms with E-state index in [1.54, 1.807) is 24.3 Å². The molecule has 0 fully saturated rings. The SMILES string of the molecule is Cc1sc(Cl)nc1-c1ccc(S(=O)O)cc1. The molecule has 84 valence electrons. The van der Waals surface area contributed by atoms with E-state index in [1.165, 1.54) is 11.3 Å². The lowest BCUT2D eigenvalue weighted by atomic mass is 10.1. The monoisotopic (exact) mass is 273 g/mol. The number of hydrogen-bond acceptors (Lipinski definition) is 3. The average molecular weight is 274 g/mol. The van der Waals surface area contributed by atoms with Crippen molar-refractivity contribution >= 4 is 34.0 Å². The molecule has 6 heteroatoms. The molecule has 3 nitrogen and oxygen atoms in total. The minimum atomic E-state index is -1.94. The van der Waals surface area contributed by atoms with Gasteiger partial charge >= 0.3 is 0 Å². The van der Waals surface area contributed by atoms with Crippen LogP contribution in [0.25, 0.3) is 11.3 Å². The molecule has 1 N–H and O–H groups in total. The molecule has 0 aliphatic heterocycles. The van der Waals surface area contributed by atoms with Crippen molar-refractivity contribution < 1.29 is 8.76 Å². The number of aromatic nitrogens is 1. The van der Waals surface area contributed by atoms with Crippen LogP contribution in [0.3, 0.4) is 0 Å². The van der Waals surface area contributed by atoms with E-state index in [2.05, 4.69) is 4.98 Å². The Balaban J connectivity index is 2.42. The van der Waals surface area contributed by atoms with Gasteiger partial charge in [0.1, 0.15) is 0 Å². The number of nitrogens with zero attached hydrogens (tertiary/aromatic N) is 1. The summed E-state index contributed by atoms with van der Waals surface area (Å²) in [5.41, 5.74) is 1.72. The third kappa shape index (κ3) is 2.32. The van der Waals surface area contributed by atoms with Crippen molar-refractivity contribution in [2.24, 2.45) is 0 Å². The van der Waals surface area contributed by atoms with Gasteiger partial charge in [-0.1, -0.05) is 23.7 Å². The van der Waals surface area contributed by atoms with E-state index in [9.17, 15) is 4.21 Å². The summed E-state index contributed by atoms with van der Waals surface area (Å²) in [5, 5.41) is 0. The fourth-order valence-corrected chi connectivity index (χ4v) is 2.81. The van der Waals surface area contributed by atoms with E-state index in [0.29, 0.717) is 9.36 Å². The maximum absolute atomic E-state index is 10.8. The molecule has 1 unspecified atom stereocenters. The summed E-state index contributed by atoms with van der Waals surface area (Å²) in [7, 11) is 0. The van der Waals surface area contributed by atoms with E-state index < -0.39 is 11.1 Å². The van der Waals surface area contributed by atoms with E-state index in [1.807, 2.05) is 6.92 Å². The molecule has 2 rings (SSSR count). The first-order valence-corrected chi connectivity index (χ1v) is 6.72. The van der Waals surface area contributed by atoms with Gasteiger partial charge in [0.25, 0.3) is 0 Å². The predicted molar refractivity (Wildman–Crippen MR) is 66.3 cm³/mol. The van der Waals surface area contributed by atoms with Crippen LogP contribution in [-0.4, -0.2) is 13.7 Å². The number of benzene rings is 1. The van der Waals surface area contributed by atoms with Gasteiger partial charge in [-0.3, -0.25) is 0 Å². The molecule has 0 aliphatic carbocycles. The van der Waals surface area contributed by atoms with Gasteiger partial charge in [0, 0.05) is 10.4 Å². The Hall–Kier alpha value is -0.750. The fraction of sp³-hybridized carbons (Fsp3) is 0.100. The molecule has 2 aromatic rings. The molecule has 0 radical (unpaired) electrons. The van der Waals surface area contributed by atoms with Crippen molar-refractivity contribution in [1.82, 2.24) is 4.98 Å². The first-order valence-electron chi connectivity index (χ1n) is 4.42. The topological polar surface area (TPSA) is 50.2 Å². The van der Waals surface area contributed by atoms with Gasteiger partial charge in [-0.05, 0) is 19.1 Å². The zero-order chi connectivity index (χ0) is 11.7. The van der Waals surface area contributed by atoms with E-state index in [4.69, 9.17) is 16.2 Å². The Morgan fingerprint density at radius 2 is 2.00 bits per heavy atom. The maximum atomic E-state index is 10.8. The number of rotatable bonds is 2. The third-order valence-corrected chi connectivity index (χ3v) is 3.85. The van der Waals surface area contributed by atoms with Crippen molar-refractivity contribution in [3.8, 4) is 11.3 Å². The van der Waals surface area contributed by atoms with E-state index in [-0.39, 0.29) is 0 Å². The molecule has 0 spiro atoms. The van der Waals surface area contributed by atoms with Crippen molar-refractivity contribution in [1.29, 1.82) is 0 Å². The third-order valence-electron chi connectivity index (χ3n) is 2.10. The Labute approximate surface area is 104 Å². The van der Waals surface area contributed by atoms with E-state index in [0.717, 1.165) is 16.1 Å². The first kappa shape index (κ1) is 11.7. The summed E-state index contributed by atoms with van der Waals surface area (Å²) in [6.45, 7) is 1.94. The summed E-state index contributed by atoms with van der Waals surface area (Å²) in [4.78, 5) is 5.61. The zero-order valence-corrected chi connectivity index (χ0v) is 10.7. The molecule has 1 aromatic carbocycles. The van der Waals surface area contributed by atoms with Gasteiger partial charge in [-0.15, -0.1) is 11.3 Å². The number of halogens is 1. The van der Waals surface area contributed by atoms with Crippen molar-refractivity contribution in [3.05, 3.63) is 33.6 Å². The van der Waals surface area contributed by atoms with Crippen LogP contribution in [0.4, 0.5) is 0 Å². The van der Waals surface area contributed by atoms with Crippen LogP contribution in [0.5, 0.6) is 0 Å². The van der Waals surface area contributed by atoms with Gasteiger partial charge in [-0.2, -0.15) is 0 Å². The molecule has 0 amide bonds. The van der Waals surface area contributed by atoms with Gasteiger partial charge in [0.05, 0.1) is 10.6 Å². The molecule has 16 heavy (non-hydrogen) atoms. The average Bonchev–Trinajstić information content (AvgIpc) is 2.58. The lowest BCUT2D eigenvalue weighted by Gasteiger charge is -1.99. The molecule has 1 heterocycles. The smallest absolute Gasteiger partial charge is 0.186 e. The van der Waals surface area contributed by atoms with Crippen LogP contribution in [0.2, 0.25) is 4.47 Å². The normalized spacial score (nSPS) is 12.7. The Morgan fingerprint density at radius 3 is 2.44 bits per heavy atom. The predicted octanol–water partition coefficient (Wildman–Crippen LogP) is 3.35. The fourth-order valence-electron chi connectivity index (χ4n) is 1.36. The van der Waals surface area contributed by atoms with Crippen LogP contribution < -0.4 is 0 Å². The van der Waals surface area contributed by atoms with E-state index >= 15 is 0 Å².